The molecule has 0 aliphatic heterocycles. The SMILES string of the molecule is Cc1ccc2nc(-c3ccc(-c4ccco4)cc3)cc(C(=O)O)c2c1. The number of aromatic nitrogens is 1. The first-order valence-electron chi connectivity index (χ1n) is 7.91. The second-order valence-corrected chi connectivity index (χ2v) is 5.94. The molecule has 0 aliphatic rings. The van der Waals surface area contributed by atoms with Crippen molar-refractivity contribution >= 4 is 16.9 Å². The third-order valence-electron chi connectivity index (χ3n) is 4.18. The van der Waals surface area contributed by atoms with E-state index in [4.69, 9.17) is 4.42 Å². The van der Waals surface area contributed by atoms with Gasteiger partial charge in [0.2, 0.25) is 0 Å². The van der Waals surface area contributed by atoms with Gasteiger partial charge >= 0.3 is 5.97 Å². The van der Waals surface area contributed by atoms with E-state index in [0.717, 1.165) is 22.5 Å². The Balaban J connectivity index is 1.84. The van der Waals surface area contributed by atoms with E-state index in [1.807, 2.05) is 61.5 Å². The summed E-state index contributed by atoms with van der Waals surface area (Å²) in [6.07, 6.45) is 1.63. The van der Waals surface area contributed by atoms with Crippen LogP contribution in [0.5, 0.6) is 0 Å². The van der Waals surface area contributed by atoms with Gasteiger partial charge < -0.3 is 9.52 Å². The summed E-state index contributed by atoms with van der Waals surface area (Å²) in [5.74, 6) is -0.161. The minimum absolute atomic E-state index is 0.263. The fourth-order valence-corrected chi connectivity index (χ4v) is 2.91. The highest BCUT2D eigenvalue weighted by Crippen LogP contribution is 2.28. The molecular formula is C21H15NO3. The number of rotatable bonds is 3. The van der Waals surface area contributed by atoms with Crippen LogP contribution in [0.2, 0.25) is 0 Å². The number of aromatic carboxylic acids is 1. The molecule has 4 rings (SSSR count). The number of benzene rings is 2. The number of hydrogen-bond acceptors (Lipinski definition) is 3. The molecule has 4 heteroatoms. The summed E-state index contributed by atoms with van der Waals surface area (Å²) < 4.78 is 5.39. The first-order valence-corrected chi connectivity index (χ1v) is 7.91. The lowest BCUT2D eigenvalue weighted by Gasteiger charge is -2.08. The first kappa shape index (κ1) is 15.1. The fraction of sp³-hybridized carbons (Fsp3) is 0.0476. The monoisotopic (exact) mass is 329 g/mol. The van der Waals surface area contributed by atoms with Crippen molar-refractivity contribution in [3.05, 3.63) is 78.1 Å². The zero-order valence-corrected chi connectivity index (χ0v) is 13.6. The van der Waals surface area contributed by atoms with Crippen molar-refractivity contribution in [2.75, 3.05) is 0 Å². The van der Waals surface area contributed by atoms with Gasteiger partial charge in [-0.1, -0.05) is 35.9 Å². The van der Waals surface area contributed by atoms with Gasteiger partial charge in [-0.05, 0) is 37.3 Å². The fourth-order valence-electron chi connectivity index (χ4n) is 2.91. The zero-order chi connectivity index (χ0) is 17.4. The van der Waals surface area contributed by atoms with Crippen molar-refractivity contribution in [3.8, 4) is 22.6 Å². The van der Waals surface area contributed by atoms with Crippen LogP contribution in [-0.4, -0.2) is 16.1 Å². The normalized spacial score (nSPS) is 10.9. The third-order valence-corrected chi connectivity index (χ3v) is 4.18. The van der Waals surface area contributed by atoms with Gasteiger partial charge in [0.1, 0.15) is 5.76 Å². The van der Waals surface area contributed by atoms with E-state index < -0.39 is 5.97 Å². The van der Waals surface area contributed by atoms with Crippen LogP contribution in [0, 0.1) is 6.92 Å². The van der Waals surface area contributed by atoms with Gasteiger partial charge in [0.05, 0.1) is 23.0 Å². The first-order chi connectivity index (χ1) is 12.1. The molecule has 2 aromatic heterocycles. The van der Waals surface area contributed by atoms with Gasteiger partial charge in [0.15, 0.2) is 0 Å². The van der Waals surface area contributed by atoms with E-state index in [0.29, 0.717) is 16.6 Å². The highest BCUT2D eigenvalue weighted by atomic mass is 16.4. The molecule has 4 aromatic rings. The minimum atomic E-state index is -0.952. The van der Waals surface area contributed by atoms with Crippen LogP contribution in [0.4, 0.5) is 0 Å². The molecule has 2 aromatic carbocycles. The Hall–Kier alpha value is -3.40. The molecule has 0 fully saturated rings. The average molecular weight is 329 g/mol. The molecule has 0 spiro atoms. The summed E-state index contributed by atoms with van der Waals surface area (Å²) in [5, 5.41) is 10.2. The number of nitrogens with zero attached hydrogens (tertiary/aromatic N) is 1. The lowest BCUT2D eigenvalue weighted by Crippen LogP contribution is -2.00. The Morgan fingerprint density at radius 2 is 1.76 bits per heavy atom. The summed E-state index contributed by atoms with van der Waals surface area (Å²) in [5.41, 5.74) is 4.41. The van der Waals surface area contributed by atoms with E-state index in [9.17, 15) is 9.90 Å². The highest BCUT2D eigenvalue weighted by Gasteiger charge is 2.13. The summed E-state index contributed by atoms with van der Waals surface area (Å²) in [4.78, 5) is 16.3. The molecule has 0 saturated carbocycles. The van der Waals surface area contributed by atoms with Crippen molar-refractivity contribution in [3.63, 3.8) is 0 Å². The largest absolute Gasteiger partial charge is 0.478 e. The smallest absolute Gasteiger partial charge is 0.336 e. The Labute approximate surface area is 144 Å². The van der Waals surface area contributed by atoms with E-state index in [2.05, 4.69) is 4.98 Å². The Morgan fingerprint density at radius 3 is 2.44 bits per heavy atom. The molecule has 0 unspecified atom stereocenters. The number of carboxylic acid groups (broad SMARTS) is 1. The van der Waals surface area contributed by atoms with E-state index in [-0.39, 0.29) is 5.56 Å². The number of carboxylic acids is 1. The van der Waals surface area contributed by atoms with Gasteiger partial charge in [-0.15, -0.1) is 0 Å². The molecule has 25 heavy (non-hydrogen) atoms. The van der Waals surface area contributed by atoms with Crippen LogP contribution in [0.1, 0.15) is 15.9 Å². The van der Waals surface area contributed by atoms with Crippen molar-refractivity contribution < 1.29 is 14.3 Å². The van der Waals surface area contributed by atoms with Crippen molar-refractivity contribution in [1.29, 1.82) is 0 Å². The molecule has 0 bridgehead atoms. The number of carbonyl (C=O) groups is 1. The van der Waals surface area contributed by atoms with Crippen LogP contribution in [0.3, 0.4) is 0 Å². The van der Waals surface area contributed by atoms with Crippen LogP contribution < -0.4 is 0 Å². The van der Waals surface area contributed by atoms with Gasteiger partial charge in [-0.2, -0.15) is 0 Å². The van der Waals surface area contributed by atoms with E-state index in [1.54, 1.807) is 12.3 Å². The molecule has 0 amide bonds. The zero-order valence-electron chi connectivity index (χ0n) is 13.6. The Bertz CT molecular complexity index is 1060. The predicted molar refractivity (Wildman–Crippen MR) is 96.6 cm³/mol. The number of pyridine rings is 1. The molecule has 0 atom stereocenters. The number of hydrogen-bond donors (Lipinski definition) is 1. The van der Waals surface area contributed by atoms with Crippen molar-refractivity contribution in [2.24, 2.45) is 0 Å². The Morgan fingerprint density at radius 1 is 1.00 bits per heavy atom. The lowest BCUT2D eigenvalue weighted by molar-refractivity contribution is 0.0699. The molecule has 1 N–H and O–H groups in total. The molecular weight excluding hydrogens is 314 g/mol. The van der Waals surface area contributed by atoms with Gasteiger partial charge in [-0.25, -0.2) is 9.78 Å². The molecule has 4 nitrogen and oxygen atoms in total. The average Bonchev–Trinajstić information content (AvgIpc) is 3.15. The third kappa shape index (κ3) is 2.78. The van der Waals surface area contributed by atoms with E-state index >= 15 is 0 Å². The standard InChI is InChI=1S/C21H15NO3/c1-13-4-9-18-16(11-13)17(21(23)24)12-19(22-18)14-5-7-15(8-6-14)20-3-2-10-25-20/h2-12H,1H3,(H,23,24). The maximum Gasteiger partial charge on any atom is 0.336 e. The van der Waals surface area contributed by atoms with Crippen molar-refractivity contribution in [1.82, 2.24) is 4.98 Å². The molecule has 0 radical (unpaired) electrons. The topological polar surface area (TPSA) is 63.3 Å². The molecule has 0 saturated heterocycles. The van der Waals surface area contributed by atoms with Crippen LogP contribution in [0.15, 0.2) is 71.3 Å². The quantitative estimate of drug-likeness (QED) is 0.563. The van der Waals surface area contributed by atoms with Crippen LogP contribution in [-0.2, 0) is 0 Å². The molecule has 122 valence electrons. The second kappa shape index (κ2) is 5.91. The number of fused-ring (bicyclic) bond motifs is 1. The minimum Gasteiger partial charge on any atom is -0.478 e. The van der Waals surface area contributed by atoms with Gasteiger partial charge in [0, 0.05) is 16.5 Å². The van der Waals surface area contributed by atoms with Gasteiger partial charge in [-0.3, -0.25) is 0 Å². The van der Waals surface area contributed by atoms with Crippen LogP contribution >= 0.6 is 0 Å². The summed E-state index contributed by atoms with van der Waals surface area (Å²) in [7, 11) is 0. The Kier molecular flexibility index (Phi) is 3.58. The maximum atomic E-state index is 11.7. The second-order valence-electron chi connectivity index (χ2n) is 5.94. The highest BCUT2D eigenvalue weighted by molar-refractivity contribution is 6.04. The summed E-state index contributed by atoms with van der Waals surface area (Å²) in [6, 6.07) is 18.7. The van der Waals surface area contributed by atoms with Gasteiger partial charge in [0.25, 0.3) is 0 Å². The molecule has 0 aliphatic carbocycles. The predicted octanol–water partition coefficient (Wildman–Crippen LogP) is 5.17. The van der Waals surface area contributed by atoms with Crippen molar-refractivity contribution in [2.45, 2.75) is 6.92 Å². The maximum absolute atomic E-state index is 11.7. The molecule has 2 heterocycles. The summed E-state index contributed by atoms with van der Waals surface area (Å²) in [6.45, 7) is 1.94. The van der Waals surface area contributed by atoms with Crippen LogP contribution in [0.25, 0.3) is 33.5 Å². The number of aryl methyl sites for hydroxylation is 1. The van der Waals surface area contributed by atoms with E-state index in [1.165, 1.54) is 0 Å². The summed E-state index contributed by atoms with van der Waals surface area (Å²) >= 11 is 0. The lowest BCUT2D eigenvalue weighted by atomic mass is 10.0. The number of furan rings is 1.